The third-order valence-electron chi connectivity index (χ3n) is 3.65. The highest BCUT2D eigenvalue weighted by Crippen LogP contribution is 2.29. The minimum Gasteiger partial charge on any atom is -0.348 e. The van der Waals surface area contributed by atoms with E-state index in [4.69, 9.17) is 0 Å². The van der Waals surface area contributed by atoms with Gasteiger partial charge in [0.15, 0.2) is 0 Å². The molecule has 2 aromatic carbocycles. The molecule has 8 heteroatoms. The first-order valence-corrected chi connectivity index (χ1v) is 8.00. The van der Waals surface area contributed by atoms with Gasteiger partial charge in [0.2, 0.25) is 5.95 Å². The Kier molecular flexibility index (Phi) is 5.35. The number of anilines is 2. The van der Waals surface area contributed by atoms with Crippen LogP contribution in [-0.2, 0) is 12.7 Å². The Balaban J connectivity index is 1.66. The maximum absolute atomic E-state index is 12.8. The first kappa shape index (κ1) is 18.4. The number of benzene rings is 2. The minimum absolute atomic E-state index is 0.0117. The summed E-state index contributed by atoms with van der Waals surface area (Å²) in [6.45, 7) is -0.0117. The predicted molar refractivity (Wildman–Crippen MR) is 94.4 cm³/mol. The zero-order valence-corrected chi connectivity index (χ0v) is 14.0. The molecule has 0 aliphatic carbocycles. The van der Waals surface area contributed by atoms with Crippen LogP contribution in [0, 0.1) is 0 Å². The largest absolute Gasteiger partial charge is 0.416 e. The van der Waals surface area contributed by atoms with Crippen LogP contribution in [0.4, 0.5) is 24.8 Å². The summed E-state index contributed by atoms with van der Waals surface area (Å²) < 4.78 is 38.3. The van der Waals surface area contributed by atoms with E-state index in [1.807, 2.05) is 0 Å². The van der Waals surface area contributed by atoms with E-state index < -0.39 is 17.6 Å². The van der Waals surface area contributed by atoms with Crippen LogP contribution < -0.4 is 10.6 Å². The van der Waals surface area contributed by atoms with Crippen molar-refractivity contribution in [2.45, 2.75) is 12.7 Å². The van der Waals surface area contributed by atoms with Gasteiger partial charge in [0.25, 0.3) is 5.91 Å². The topological polar surface area (TPSA) is 66.9 Å². The van der Waals surface area contributed by atoms with E-state index >= 15 is 0 Å². The molecule has 0 spiro atoms. The van der Waals surface area contributed by atoms with Gasteiger partial charge in [-0.2, -0.15) is 13.2 Å². The van der Waals surface area contributed by atoms with Gasteiger partial charge in [-0.05, 0) is 42.0 Å². The highest BCUT2D eigenvalue weighted by atomic mass is 19.4. The maximum atomic E-state index is 12.8. The van der Waals surface area contributed by atoms with Crippen molar-refractivity contribution in [1.82, 2.24) is 15.3 Å². The molecule has 0 bridgehead atoms. The van der Waals surface area contributed by atoms with Crippen molar-refractivity contribution >= 4 is 17.5 Å². The van der Waals surface area contributed by atoms with Gasteiger partial charge in [0, 0.05) is 30.2 Å². The van der Waals surface area contributed by atoms with Crippen LogP contribution in [0.15, 0.2) is 67.0 Å². The van der Waals surface area contributed by atoms with Crippen molar-refractivity contribution < 1.29 is 18.0 Å². The van der Waals surface area contributed by atoms with E-state index in [-0.39, 0.29) is 6.54 Å². The Bertz CT molecular complexity index is 929. The van der Waals surface area contributed by atoms with E-state index in [1.54, 1.807) is 42.7 Å². The number of carbonyl (C=O) groups is 1. The van der Waals surface area contributed by atoms with Gasteiger partial charge in [-0.1, -0.05) is 18.2 Å². The monoisotopic (exact) mass is 372 g/mol. The summed E-state index contributed by atoms with van der Waals surface area (Å²) in [5.41, 5.74) is 0.601. The lowest BCUT2D eigenvalue weighted by atomic mass is 10.1. The number of carbonyl (C=O) groups excluding carboxylic acids is 1. The molecule has 2 N–H and O–H groups in total. The summed E-state index contributed by atoms with van der Waals surface area (Å²) in [4.78, 5) is 20.4. The molecular weight excluding hydrogens is 357 g/mol. The zero-order chi connectivity index (χ0) is 19.3. The van der Waals surface area contributed by atoms with Crippen LogP contribution in [0.3, 0.4) is 0 Å². The molecule has 138 valence electrons. The van der Waals surface area contributed by atoms with E-state index in [1.165, 1.54) is 12.1 Å². The van der Waals surface area contributed by atoms with Crippen molar-refractivity contribution in [3.63, 3.8) is 0 Å². The second-order valence-corrected chi connectivity index (χ2v) is 5.66. The maximum Gasteiger partial charge on any atom is 0.416 e. The summed E-state index contributed by atoms with van der Waals surface area (Å²) in [6.07, 6.45) is -1.25. The van der Waals surface area contributed by atoms with Gasteiger partial charge in [0.1, 0.15) is 0 Å². The van der Waals surface area contributed by atoms with Crippen molar-refractivity contribution in [1.29, 1.82) is 0 Å². The fourth-order valence-corrected chi connectivity index (χ4v) is 2.37. The van der Waals surface area contributed by atoms with E-state index in [0.29, 0.717) is 22.8 Å². The molecule has 0 atom stereocenters. The first-order valence-electron chi connectivity index (χ1n) is 8.00. The molecule has 0 fully saturated rings. The molecule has 3 rings (SSSR count). The van der Waals surface area contributed by atoms with Gasteiger partial charge < -0.3 is 10.6 Å². The molecule has 1 amide bonds. The highest BCUT2D eigenvalue weighted by molar-refractivity contribution is 5.95. The molecule has 1 aromatic heterocycles. The number of halogens is 3. The smallest absolute Gasteiger partial charge is 0.348 e. The number of alkyl halides is 3. The summed E-state index contributed by atoms with van der Waals surface area (Å²) in [5, 5.41) is 5.59. The van der Waals surface area contributed by atoms with Crippen LogP contribution in [0.1, 0.15) is 21.5 Å². The van der Waals surface area contributed by atoms with Crippen LogP contribution in [0.2, 0.25) is 0 Å². The van der Waals surface area contributed by atoms with Crippen LogP contribution in [-0.4, -0.2) is 15.9 Å². The van der Waals surface area contributed by atoms with Crippen LogP contribution >= 0.6 is 0 Å². The van der Waals surface area contributed by atoms with E-state index in [9.17, 15) is 18.0 Å². The Morgan fingerprint density at radius 3 is 2.44 bits per heavy atom. The van der Waals surface area contributed by atoms with Crippen LogP contribution in [0.25, 0.3) is 0 Å². The van der Waals surface area contributed by atoms with Gasteiger partial charge in [0.05, 0.1) is 5.56 Å². The lowest BCUT2D eigenvalue weighted by Gasteiger charge is -2.10. The van der Waals surface area contributed by atoms with Gasteiger partial charge in [-0.15, -0.1) is 0 Å². The average molecular weight is 372 g/mol. The average Bonchev–Trinajstić information content (AvgIpc) is 2.67. The second kappa shape index (κ2) is 7.86. The second-order valence-electron chi connectivity index (χ2n) is 5.66. The lowest BCUT2D eigenvalue weighted by molar-refractivity contribution is -0.137. The highest BCUT2D eigenvalue weighted by Gasteiger charge is 2.30. The lowest BCUT2D eigenvalue weighted by Crippen LogP contribution is -2.23. The molecule has 27 heavy (non-hydrogen) atoms. The third kappa shape index (κ3) is 5.04. The Morgan fingerprint density at radius 2 is 1.70 bits per heavy atom. The zero-order valence-electron chi connectivity index (χ0n) is 14.0. The van der Waals surface area contributed by atoms with E-state index in [2.05, 4.69) is 20.6 Å². The van der Waals surface area contributed by atoms with Gasteiger partial charge in [-0.25, -0.2) is 9.97 Å². The van der Waals surface area contributed by atoms with Crippen molar-refractivity contribution in [3.05, 3.63) is 83.7 Å². The molecule has 0 aliphatic heterocycles. The molecule has 0 aliphatic rings. The number of rotatable bonds is 5. The normalized spacial score (nSPS) is 11.1. The molecule has 0 saturated heterocycles. The molecule has 3 aromatic rings. The molecular formula is C19H15F3N4O. The summed E-state index contributed by atoms with van der Waals surface area (Å²) in [7, 11) is 0. The number of hydrogen-bond donors (Lipinski definition) is 2. The number of nitrogens with zero attached hydrogens (tertiary/aromatic N) is 2. The standard InChI is InChI=1S/C19H15F3N4O/c20-19(21,22)15-6-1-4-13(10-15)12-25-17(27)14-5-2-7-16(11-14)26-18-23-8-3-9-24-18/h1-11H,12H2,(H,25,27)(H,23,24,26). The summed E-state index contributed by atoms with van der Waals surface area (Å²) in [6, 6.07) is 13.2. The third-order valence-corrected chi connectivity index (χ3v) is 3.65. The number of nitrogens with one attached hydrogen (secondary N) is 2. The van der Waals surface area contributed by atoms with E-state index in [0.717, 1.165) is 12.1 Å². The molecule has 0 radical (unpaired) electrons. The minimum atomic E-state index is -4.42. The summed E-state index contributed by atoms with van der Waals surface area (Å²) >= 11 is 0. The fourth-order valence-electron chi connectivity index (χ4n) is 2.37. The fraction of sp³-hybridized carbons (Fsp3) is 0.105. The predicted octanol–water partition coefficient (Wildman–Crippen LogP) is 4.17. The van der Waals surface area contributed by atoms with Gasteiger partial charge >= 0.3 is 6.18 Å². The van der Waals surface area contributed by atoms with Crippen molar-refractivity contribution in [2.75, 3.05) is 5.32 Å². The Labute approximate surface area is 153 Å². The quantitative estimate of drug-likeness (QED) is 0.706. The number of amides is 1. The summed E-state index contributed by atoms with van der Waals surface area (Å²) in [5.74, 6) is -0.0101. The molecule has 0 unspecified atom stereocenters. The van der Waals surface area contributed by atoms with Crippen LogP contribution in [0.5, 0.6) is 0 Å². The number of aromatic nitrogens is 2. The Hall–Kier alpha value is -3.42. The Morgan fingerprint density at radius 1 is 0.963 bits per heavy atom. The molecule has 1 heterocycles. The first-order chi connectivity index (χ1) is 12.9. The SMILES string of the molecule is O=C(NCc1cccc(C(F)(F)F)c1)c1cccc(Nc2ncccn2)c1. The van der Waals surface area contributed by atoms with Gasteiger partial charge in [-0.3, -0.25) is 4.79 Å². The molecule has 5 nitrogen and oxygen atoms in total. The van der Waals surface area contributed by atoms with Crippen molar-refractivity contribution in [3.8, 4) is 0 Å². The number of hydrogen-bond acceptors (Lipinski definition) is 4. The van der Waals surface area contributed by atoms with Crippen molar-refractivity contribution in [2.24, 2.45) is 0 Å². The molecule has 0 saturated carbocycles.